The summed E-state index contributed by atoms with van der Waals surface area (Å²) < 4.78 is 0. The molecule has 0 N–H and O–H groups in total. The first-order valence-corrected chi connectivity index (χ1v) is 2.61. The molecule has 9 heavy (non-hydrogen) atoms. The third kappa shape index (κ3) is 2.77. The summed E-state index contributed by atoms with van der Waals surface area (Å²) in [5.41, 5.74) is -0.558. The fraction of sp³-hybridized carbons (Fsp3) is 0.667. The molecule has 0 saturated carbocycles. The van der Waals surface area contributed by atoms with E-state index in [0.29, 0.717) is 0 Å². The molecule has 3 heteroatoms. The number of carbonyl (C=O) groups is 1. The molecule has 1 amide bonds. The highest BCUT2D eigenvalue weighted by Gasteiger charge is 2.19. The highest BCUT2D eigenvalue weighted by molar-refractivity contribution is 5.85. The van der Waals surface area contributed by atoms with Gasteiger partial charge in [-0.15, -0.1) is 4.99 Å². The molecule has 0 aliphatic rings. The summed E-state index contributed by atoms with van der Waals surface area (Å²) >= 11 is 0. The van der Waals surface area contributed by atoms with E-state index in [0.717, 1.165) is 0 Å². The SMILES string of the molecule is CC(C)(C)C(=O)N=C=O. The van der Waals surface area contributed by atoms with Crippen LogP contribution in [0.2, 0.25) is 0 Å². The lowest BCUT2D eigenvalue weighted by atomic mass is 9.96. The molecular weight excluding hydrogens is 118 g/mol. The highest BCUT2D eigenvalue weighted by atomic mass is 16.2. The zero-order chi connectivity index (χ0) is 7.49. The second-order valence-electron chi connectivity index (χ2n) is 2.76. The zero-order valence-electron chi connectivity index (χ0n) is 5.76. The second kappa shape index (κ2) is 2.55. The first kappa shape index (κ1) is 8.05. The molecule has 0 aliphatic heterocycles. The minimum Gasteiger partial charge on any atom is -0.271 e. The molecule has 0 aromatic rings. The van der Waals surface area contributed by atoms with Crippen LogP contribution in [0.1, 0.15) is 20.8 Å². The molecule has 0 bridgehead atoms. The van der Waals surface area contributed by atoms with Crippen molar-refractivity contribution >= 4 is 12.0 Å². The Balaban J connectivity index is 4.22. The third-order valence-electron chi connectivity index (χ3n) is 0.789. The van der Waals surface area contributed by atoms with E-state index in [4.69, 9.17) is 0 Å². The van der Waals surface area contributed by atoms with Gasteiger partial charge in [0, 0.05) is 5.41 Å². The molecule has 0 fully saturated rings. The molecule has 0 saturated heterocycles. The Bertz CT molecular complexity index is 160. The Hall–Kier alpha value is -0.950. The molecular formula is C6H9NO2. The van der Waals surface area contributed by atoms with Crippen LogP contribution in [0.25, 0.3) is 0 Å². The summed E-state index contributed by atoms with van der Waals surface area (Å²) in [5.74, 6) is -0.433. The van der Waals surface area contributed by atoms with Crippen molar-refractivity contribution in [1.29, 1.82) is 0 Å². The molecule has 0 rings (SSSR count). The van der Waals surface area contributed by atoms with E-state index < -0.39 is 11.3 Å². The Kier molecular flexibility index (Phi) is 2.29. The van der Waals surface area contributed by atoms with Gasteiger partial charge in [-0.05, 0) is 0 Å². The van der Waals surface area contributed by atoms with Gasteiger partial charge < -0.3 is 0 Å². The minimum atomic E-state index is -0.558. The monoisotopic (exact) mass is 127 g/mol. The summed E-state index contributed by atoms with van der Waals surface area (Å²) in [6.45, 7) is 5.07. The summed E-state index contributed by atoms with van der Waals surface area (Å²) in [6, 6.07) is 0. The number of hydrogen-bond donors (Lipinski definition) is 0. The normalized spacial score (nSPS) is 10.1. The van der Waals surface area contributed by atoms with Crippen LogP contribution in [0.15, 0.2) is 4.99 Å². The van der Waals surface area contributed by atoms with Crippen LogP contribution in [0.4, 0.5) is 0 Å². The lowest BCUT2D eigenvalue weighted by molar-refractivity contribution is -0.124. The highest BCUT2D eigenvalue weighted by Crippen LogP contribution is 2.13. The number of rotatable bonds is 0. The maximum Gasteiger partial charge on any atom is 0.261 e. The van der Waals surface area contributed by atoms with Crippen molar-refractivity contribution in [3.8, 4) is 0 Å². The molecule has 0 spiro atoms. The summed E-state index contributed by atoms with van der Waals surface area (Å²) in [4.78, 5) is 23.1. The van der Waals surface area contributed by atoms with Crippen LogP contribution < -0.4 is 0 Å². The average molecular weight is 127 g/mol. The van der Waals surface area contributed by atoms with E-state index in [1.165, 1.54) is 6.08 Å². The van der Waals surface area contributed by atoms with E-state index in [2.05, 4.69) is 4.99 Å². The van der Waals surface area contributed by atoms with Crippen molar-refractivity contribution in [2.75, 3.05) is 0 Å². The van der Waals surface area contributed by atoms with E-state index in [1.54, 1.807) is 20.8 Å². The largest absolute Gasteiger partial charge is 0.271 e. The average Bonchev–Trinajstić information content (AvgIpc) is 1.64. The summed E-state index contributed by atoms with van der Waals surface area (Å²) in [7, 11) is 0. The predicted molar refractivity (Wildman–Crippen MR) is 32.6 cm³/mol. The van der Waals surface area contributed by atoms with Crippen molar-refractivity contribution < 1.29 is 9.59 Å². The second-order valence-corrected chi connectivity index (χ2v) is 2.76. The van der Waals surface area contributed by atoms with E-state index >= 15 is 0 Å². The first-order valence-electron chi connectivity index (χ1n) is 2.61. The number of hydrogen-bond acceptors (Lipinski definition) is 2. The Morgan fingerprint density at radius 3 is 2.00 bits per heavy atom. The van der Waals surface area contributed by atoms with Gasteiger partial charge in [0.2, 0.25) is 6.08 Å². The minimum absolute atomic E-state index is 0.433. The lowest BCUT2D eigenvalue weighted by Crippen LogP contribution is -2.17. The number of nitrogens with zero attached hydrogens (tertiary/aromatic N) is 1. The van der Waals surface area contributed by atoms with E-state index in [9.17, 15) is 9.59 Å². The van der Waals surface area contributed by atoms with Crippen LogP contribution in [0, 0.1) is 5.41 Å². The zero-order valence-corrected chi connectivity index (χ0v) is 5.76. The molecule has 0 unspecified atom stereocenters. The summed E-state index contributed by atoms with van der Waals surface area (Å²) in [6.07, 6.45) is 1.20. The van der Waals surface area contributed by atoms with Gasteiger partial charge in [0.15, 0.2) is 0 Å². The van der Waals surface area contributed by atoms with Gasteiger partial charge in [0.1, 0.15) is 0 Å². The predicted octanol–water partition coefficient (Wildman–Crippen LogP) is 0.895. The maximum absolute atomic E-state index is 10.6. The molecule has 0 heterocycles. The lowest BCUT2D eigenvalue weighted by Gasteiger charge is -2.09. The molecule has 0 atom stereocenters. The molecule has 3 nitrogen and oxygen atoms in total. The smallest absolute Gasteiger partial charge is 0.261 e. The molecule has 0 radical (unpaired) electrons. The van der Waals surface area contributed by atoms with Crippen molar-refractivity contribution in [2.45, 2.75) is 20.8 Å². The topological polar surface area (TPSA) is 46.5 Å². The van der Waals surface area contributed by atoms with Crippen LogP contribution >= 0.6 is 0 Å². The molecule has 50 valence electrons. The summed E-state index contributed by atoms with van der Waals surface area (Å²) in [5, 5.41) is 0. The number of isocyanates is 1. The van der Waals surface area contributed by atoms with Crippen LogP contribution in [-0.4, -0.2) is 12.0 Å². The van der Waals surface area contributed by atoms with E-state index in [1.807, 2.05) is 0 Å². The Morgan fingerprint density at radius 2 is 1.89 bits per heavy atom. The fourth-order valence-corrected chi connectivity index (χ4v) is 0.209. The van der Waals surface area contributed by atoms with Crippen LogP contribution in [0.5, 0.6) is 0 Å². The van der Waals surface area contributed by atoms with Crippen molar-refractivity contribution in [3.63, 3.8) is 0 Å². The standard InChI is InChI=1S/C6H9NO2/c1-6(2,3)5(9)7-4-8/h1-3H3. The first-order chi connectivity index (χ1) is 3.98. The number of aliphatic imine (C=N–C) groups is 1. The van der Waals surface area contributed by atoms with Gasteiger partial charge >= 0.3 is 0 Å². The molecule has 0 aromatic heterocycles. The quantitative estimate of drug-likeness (QED) is 0.358. The van der Waals surface area contributed by atoms with E-state index in [-0.39, 0.29) is 0 Å². The van der Waals surface area contributed by atoms with Gasteiger partial charge in [0.25, 0.3) is 5.91 Å². The Morgan fingerprint density at radius 1 is 1.44 bits per heavy atom. The van der Waals surface area contributed by atoms with Crippen LogP contribution in [-0.2, 0) is 9.59 Å². The van der Waals surface area contributed by atoms with Gasteiger partial charge in [-0.3, -0.25) is 4.79 Å². The van der Waals surface area contributed by atoms with Crippen molar-refractivity contribution in [3.05, 3.63) is 0 Å². The van der Waals surface area contributed by atoms with Crippen molar-refractivity contribution in [2.24, 2.45) is 10.4 Å². The van der Waals surface area contributed by atoms with Gasteiger partial charge in [-0.1, -0.05) is 20.8 Å². The van der Waals surface area contributed by atoms with Gasteiger partial charge in [0.05, 0.1) is 0 Å². The number of amides is 1. The van der Waals surface area contributed by atoms with Gasteiger partial charge in [-0.2, -0.15) is 0 Å². The van der Waals surface area contributed by atoms with Crippen molar-refractivity contribution in [1.82, 2.24) is 0 Å². The molecule has 0 aromatic carbocycles. The van der Waals surface area contributed by atoms with Crippen LogP contribution in [0.3, 0.4) is 0 Å². The molecule has 0 aliphatic carbocycles. The van der Waals surface area contributed by atoms with Gasteiger partial charge in [-0.25, -0.2) is 4.79 Å². The third-order valence-corrected chi connectivity index (χ3v) is 0.789. The fourth-order valence-electron chi connectivity index (χ4n) is 0.209. The maximum atomic E-state index is 10.6. The Labute approximate surface area is 53.8 Å². The number of carbonyl (C=O) groups excluding carboxylic acids is 2.